The van der Waals surface area contributed by atoms with Crippen molar-refractivity contribution in [3.63, 3.8) is 0 Å². The van der Waals surface area contributed by atoms with Gasteiger partial charge in [-0.3, -0.25) is 0 Å². The summed E-state index contributed by atoms with van der Waals surface area (Å²) in [6.45, 7) is 4.24. The van der Waals surface area contributed by atoms with Gasteiger partial charge in [0.05, 0.1) is 0 Å². The van der Waals surface area contributed by atoms with E-state index in [1.165, 1.54) is 45.0 Å². The summed E-state index contributed by atoms with van der Waals surface area (Å²) in [4.78, 5) is 4.99. The third-order valence-corrected chi connectivity index (χ3v) is 8.07. The van der Waals surface area contributed by atoms with E-state index in [-0.39, 0.29) is 24.8 Å². The Morgan fingerprint density at radius 3 is 0.976 bits per heavy atom. The number of nitrogens with one attached hydrogen (secondary N) is 2. The van der Waals surface area contributed by atoms with Gasteiger partial charge in [0.1, 0.15) is 0 Å². The fraction of sp³-hybridized carbons (Fsp3) is 0.333. The van der Waals surface area contributed by atoms with Crippen molar-refractivity contribution in [2.24, 2.45) is 0 Å². The lowest BCUT2D eigenvalue weighted by atomic mass is 10.0. The summed E-state index contributed by atoms with van der Waals surface area (Å²) in [5, 5.41) is 6.49. The monoisotopic (exact) mass is 604 g/mol. The highest BCUT2D eigenvalue weighted by atomic mass is 35.5. The first-order valence-electron chi connectivity index (χ1n) is 15.0. The predicted molar refractivity (Wildman–Crippen MR) is 186 cm³/mol. The highest BCUT2D eigenvalue weighted by Crippen LogP contribution is 2.37. The summed E-state index contributed by atoms with van der Waals surface area (Å²) in [6.07, 6.45) is 6.84. The van der Waals surface area contributed by atoms with E-state index in [0.717, 1.165) is 64.7 Å². The van der Waals surface area contributed by atoms with Gasteiger partial charge in [0.15, 0.2) is 0 Å². The molecule has 6 rings (SSSR count). The maximum Gasteiger partial charge on any atom is 0.0443 e. The molecule has 0 spiro atoms. The number of rotatable bonds is 8. The normalized spacial score (nSPS) is 12.9. The fourth-order valence-corrected chi connectivity index (χ4v) is 6.05. The Kier molecular flexibility index (Phi) is 13.7. The summed E-state index contributed by atoms with van der Waals surface area (Å²) in [7, 11) is 4.04. The van der Waals surface area contributed by atoms with Crippen molar-refractivity contribution in [1.29, 1.82) is 0 Å². The second-order valence-electron chi connectivity index (χ2n) is 10.7. The standard InChI is InChI=1S/2C18H22N2.2ClH/c2*1-19-13-6-14-20-17-9-4-2-7-15(17)11-12-16-8-3-5-10-18(16)20;;/h2*2-5,7-10,19H,6,11-14H2,1H3;2*1H. The zero-order valence-corrected chi connectivity index (χ0v) is 26.7. The first kappa shape index (κ1) is 33.5. The summed E-state index contributed by atoms with van der Waals surface area (Å²) in [5.74, 6) is 0. The second kappa shape index (κ2) is 17.2. The number of anilines is 4. The number of fused-ring (bicyclic) bond motifs is 4. The first-order chi connectivity index (χ1) is 19.8. The molecule has 2 aliphatic heterocycles. The molecule has 2 N–H and O–H groups in total. The summed E-state index contributed by atoms with van der Waals surface area (Å²) < 4.78 is 0. The smallest absolute Gasteiger partial charge is 0.0443 e. The zero-order chi connectivity index (χ0) is 27.6. The predicted octanol–water partition coefficient (Wildman–Crippen LogP) is 7.91. The van der Waals surface area contributed by atoms with E-state index >= 15 is 0 Å². The van der Waals surface area contributed by atoms with E-state index in [4.69, 9.17) is 0 Å². The Morgan fingerprint density at radius 1 is 0.452 bits per heavy atom. The van der Waals surface area contributed by atoms with Crippen molar-refractivity contribution in [3.8, 4) is 0 Å². The minimum atomic E-state index is 0. The second-order valence-corrected chi connectivity index (χ2v) is 10.7. The average Bonchev–Trinajstić information content (AvgIpc) is 3.27. The summed E-state index contributed by atoms with van der Waals surface area (Å²) in [5.41, 5.74) is 11.4. The Bertz CT molecular complexity index is 1180. The fourth-order valence-electron chi connectivity index (χ4n) is 6.05. The van der Waals surface area contributed by atoms with Gasteiger partial charge in [0, 0.05) is 35.8 Å². The SMILES string of the molecule is CNCCCN1c2ccccc2CCc2ccccc21.CNCCCN1c2ccccc2CCc2ccccc21.Cl.Cl. The topological polar surface area (TPSA) is 30.5 Å². The molecule has 0 fully saturated rings. The highest BCUT2D eigenvalue weighted by Gasteiger charge is 2.20. The minimum Gasteiger partial charge on any atom is -0.341 e. The van der Waals surface area contributed by atoms with Crippen LogP contribution in [0.15, 0.2) is 97.1 Å². The van der Waals surface area contributed by atoms with Crippen molar-refractivity contribution in [1.82, 2.24) is 10.6 Å². The number of halogens is 2. The summed E-state index contributed by atoms with van der Waals surface area (Å²) in [6, 6.07) is 35.3. The molecule has 4 nitrogen and oxygen atoms in total. The lowest BCUT2D eigenvalue weighted by Crippen LogP contribution is -2.22. The van der Waals surface area contributed by atoms with Gasteiger partial charge in [-0.1, -0.05) is 72.8 Å². The molecule has 4 aromatic carbocycles. The van der Waals surface area contributed by atoms with Gasteiger partial charge in [0.25, 0.3) is 0 Å². The van der Waals surface area contributed by atoms with Crippen LogP contribution in [0.2, 0.25) is 0 Å². The molecule has 0 aromatic heterocycles. The van der Waals surface area contributed by atoms with E-state index in [0.29, 0.717) is 0 Å². The van der Waals surface area contributed by atoms with Gasteiger partial charge < -0.3 is 20.4 Å². The zero-order valence-electron chi connectivity index (χ0n) is 25.0. The average molecular weight is 606 g/mol. The molecule has 0 radical (unpaired) electrons. The molecule has 0 amide bonds. The number of para-hydroxylation sites is 4. The Morgan fingerprint density at radius 2 is 0.714 bits per heavy atom. The van der Waals surface area contributed by atoms with Gasteiger partial charge in [0.2, 0.25) is 0 Å². The minimum absolute atomic E-state index is 0. The van der Waals surface area contributed by atoms with Crippen molar-refractivity contribution in [2.75, 3.05) is 50.1 Å². The van der Waals surface area contributed by atoms with Crippen molar-refractivity contribution in [2.45, 2.75) is 38.5 Å². The largest absolute Gasteiger partial charge is 0.341 e. The Labute approximate surface area is 265 Å². The van der Waals surface area contributed by atoms with Gasteiger partial charge >= 0.3 is 0 Å². The molecule has 2 heterocycles. The highest BCUT2D eigenvalue weighted by molar-refractivity contribution is 5.85. The lowest BCUT2D eigenvalue weighted by molar-refractivity contribution is 0.723. The van der Waals surface area contributed by atoms with Crippen molar-refractivity contribution >= 4 is 47.6 Å². The number of benzene rings is 4. The molecule has 6 heteroatoms. The Balaban J connectivity index is 0.000000220. The van der Waals surface area contributed by atoms with E-state index in [1.807, 2.05) is 14.1 Å². The maximum absolute atomic E-state index is 3.24. The number of hydrogen-bond acceptors (Lipinski definition) is 4. The lowest BCUT2D eigenvalue weighted by Gasteiger charge is -2.27. The third-order valence-electron chi connectivity index (χ3n) is 8.07. The van der Waals surface area contributed by atoms with Crippen LogP contribution in [0.4, 0.5) is 22.7 Å². The molecule has 42 heavy (non-hydrogen) atoms. The van der Waals surface area contributed by atoms with Crippen LogP contribution >= 0.6 is 24.8 Å². The molecule has 0 unspecified atom stereocenters. The van der Waals surface area contributed by atoms with Crippen LogP contribution in [0.3, 0.4) is 0 Å². The van der Waals surface area contributed by atoms with Gasteiger partial charge in [-0.25, -0.2) is 0 Å². The van der Waals surface area contributed by atoms with Crippen molar-refractivity contribution < 1.29 is 0 Å². The van der Waals surface area contributed by atoms with Crippen molar-refractivity contribution in [3.05, 3.63) is 119 Å². The third kappa shape index (κ3) is 8.08. The van der Waals surface area contributed by atoms with Crippen LogP contribution in [0, 0.1) is 0 Å². The number of nitrogens with zero attached hydrogens (tertiary/aromatic N) is 2. The van der Waals surface area contributed by atoms with Gasteiger partial charge in [-0.15, -0.1) is 24.8 Å². The number of aryl methyl sites for hydroxylation is 4. The molecular weight excluding hydrogens is 559 g/mol. The van der Waals surface area contributed by atoms with E-state index in [2.05, 4.69) is 117 Å². The molecule has 4 aromatic rings. The maximum atomic E-state index is 3.24. The van der Waals surface area contributed by atoms with E-state index in [1.54, 1.807) is 0 Å². The first-order valence-corrected chi connectivity index (χ1v) is 15.0. The van der Waals surface area contributed by atoms with Crippen LogP contribution in [0.25, 0.3) is 0 Å². The number of hydrogen-bond donors (Lipinski definition) is 2. The van der Waals surface area contributed by atoms with Gasteiger partial charge in [-0.2, -0.15) is 0 Å². The van der Waals surface area contributed by atoms with E-state index in [9.17, 15) is 0 Å². The quantitative estimate of drug-likeness (QED) is 0.200. The summed E-state index contributed by atoms with van der Waals surface area (Å²) >= 11 is 0. The van der Waals surface area contributed by atoms with Crippen LogP contribution in [-0.4, -0.2) is 40.3 Å². The van der Waals surface area contributed by atoms with Gasteiger partial charge in [-0.05, 0) is 112 Å². The Hall–Kier alpha value is -3.02. The van der Waals surface area contributed by atoms with E-state index < -0.39 is 0 Å². The van der Waals surface area contributed by atoms with Crippen LogP contribution in [0.5, 0.6) is 0 Å². The van der Waals surface area contributed by atoms with Crippen LogP contribution in [0.1, 0.15) is 35.1 Å². The molecule has 0 saturated heterocycles. The molecule has 0 bridgehead atoms. The molecule has 0 aliphatic carbocycles. The molecule has 224 valence electrons. The molecular formula is C36H46Cl2N4. The molecule has 0 saturated carbocycles. The van der Waals surface area contributed by atoms with Crippen LogP contribution in [-0.2, 0) is 25.7 Å². The van der Waals surface area contributed by atoms with Crippen LogP contribution < -0.4 is 20.4 Å². The molecule has 2 aliphatic rings. The molecule has 0 atom stereocenters.